The highest BCUT2D eigenvalue weighted by atomic mass is 16.4. The molecule has 1 aliphatic rings. The first-order chi connectivity index (χ1) is 12.0. The number of Topliss-reactive ketones (excluding diaryl/α,β-unsaturated/α-hetero) is 2. The molecule has 0 aromatic heterocycles. The number of carboxylic acids is 1. The highest BCUT2D eigenvalue weighted by Crippen LogP contribution is 2.21. The number of fused-ring (bicyclic) bond motifs is 1. The Kier molecular flexibility index (Phi) is 4.95. The Balaban J connectivity index is 1.72. The molecule has 0 aliphatic carbocycles. The van der Waals surface area contributed by atoms with Gasteiger partial charge < -0.3 is 5.11 Å². The van der Waals surface area contributed by atoms with Crippen LogP contribution < -0.4 is 0 Å². The average Bonchev–Trinajstić information content (AvgIpc) is 3.08. The highest BCUT2D eigenvalue weighted by Gasteiger charge is 2.33. The maximum Gasteiger partial charge on any atom is 0.320 e. The van der Waals surface area contributed by atoms with Crippen molar-refractivity contribution in [3.05, 3.63) is 48.0 Å². The van der Waals surface area contributed by atoms with Gasteiger partial charge in [-0.2, -0.15) is 0 Å². The van der Waals surface area contributed by atoms with Crippen LogP contribution in [0.25, 0.3) is 10.8 Å². The third-order valence-corrected chi connectivity index (χ3v) is 4.84. The van der Waals surface area contributed by atoms with Crippen LogP contribution in [0.4, 0.5) is 0 Å². The van der Waals surface area contributed by atoms with Crippen LogP contribution in [0.2, 0.25) is 0 Å². The molecular formula is C20H21NO4. The second kappa shape index (κ2) is 7.15. The Labute approximate surface area is 146 Å². The van der Waals surface area contributed by atoms with Gasteiger partial charge in [-0.3, -0.25) is 19.3 Å². The Morgan fingerprint density at radius 1 is 1.16 bits per heavy atom. The number of carbonyl (C=O) groups excluding carboxylic acids is 2. The largest absolute Gasteiger partial charge is 0.480 e. The fourth-order valence-electron chi connectivity index (χ4n) is 3.46. The fraction of sp³-hybridized carbons (Fsp3) is 0.350. The molecule has 1 unspecified atom stereocenters. The van der Waals surface area contributed by atoms with Gasteiger partial charge in [-0.05, 0) is 36.2 Å². The minimum Gasteiger partial charge on any atom is -0.480 e. The van der Waals surface area contributed by atoms with E-state index in [0.717, 1.165) is 17.2 Å². The zero-order chi connectivity index (χ0) is 18.0. The molecule has 1 N–H and O–H groups in total. The van der Waals surface area contributed by atoms with E-state index in [4.69, 9.17) is 0 Å². The van der Waals surface area contributed by atoms with Gasteiger partial charge >= 0.3 is 5.97 Å². The lowest BCUT2D eigenvalue weighted by Gasteiger charge is -2.23. The van der Waals surface area contributed by atoms with Gasteiger partial charge in [0.15, 0.2) is 0 Å². The summed E-state index contributed by atoms with van der Waals surface area (Å²) in [5, 5.41) is 11.2. The van der Waals surface area contributed by atoms with E-state index in [2.05, 4.69) is 0 Å². The first kappa shape index (κ1) is 17.3. The van der Waals surface area contributed by atoms with Crippen LogP contribution in [-0.4, -0.2) is 46.7 Å². The SMILES string of the molecule is CC(CN1CCC[C@H]1C(=O)O)C(=O)C(=O)c1ccc2ccccc2c1. The van der Waals surface area contributed by atoms with Crippen molar-refractivity contribution in [2.75, 3.05) is 13.1 Å². The quantitative estimate of drug-likeness (QED) is 0.647. The molecule has 2 aromatic rings. The summed E-state index contributed by atoms with van der Waals surface area (Å²) in [4.78, 5) is 38.1. The average molecular weight is 339 g/mol. The minimum absolute atomic E-state index is 0.301. The molecule has 2 aromatic carbocycles. The molecule has 0 spiro atoms. The van der Waals surface area contributed by atoms with E-state index in [-0.39, 0.29) is 0 Å². The van der Waals surface area contributed by atoms with Gasteiger partial charge in [0, 0.05) is 18.0 Å². The fourth-order valence-corrected chi connectivity index (χ4v) is 3.46. The maximum atomic E-state index is 12.5. The van der Waals surface area contributed by atoms with Crippen LogP contribution in [0, 0.1) is 5.92 Å². The lowest BCUT2D eigenvalue weighted by molar-refractivity contribution is -0.142. The molecule has 5 heteroatoms. The zero-order valence-corrected chi connectivity index (χ0v) is 14.1. The minimum atomic E-state index is -0.863. The number of aliphatic carboxylic acids is 1. The normalized spacial score (nSPS) is 19.0. The summed E-state index contributed by atoms with van der Waals surface area (Å²) < 4.78 is 0. The molecule has 3 rings (SSSR count). The Hall–Kier alpha value is -2.53. The molecule has 130 valence electrons. The molecular weight excluding hydrogens is 318 g/mol. The van der Waals surface area contributed by atoms with Crippen molar-refractivity contribution in [1.29, 1.82) is 0 Å². The van der Waals surface area contributed by atoms with Crippen LogP contribution in [0.15, 0.2) is 42.5 Å². The molecule has 0 bridgehead atoms. The van der Waals surface area contributed by atoms with E-state index in [1.54, 1.807) is 24.0 Å². The Morgan fingerprint density at radius 3 is 2.60 bits per heavy atom. The molecule has 1 saturated heterocycles. The van der Waals surface area contributed by atoms with Crippen molar-refractivity contribution in [3.8, 4) is 0 Å². The number of rotatable bonds is 6. The summed E-state index contributed by atoms with van der Waals surface area (Å²) in [6, 6.07) is 12.4. The standard InChI is InChI=1S/C20H21NO4/c1-13(12-21-10-4-7-17(21)20(24)25)18(22)19(23)16-9-8-14-5-2-3-6-15(14)11-16/h2-3,5-6,8-9,11,13,17H,4,7,10,12H2,1H3,(H,24,25)/t13?,17-/m0/s1. The van der Waals surface area contributed by atoms with Crippen molar-refractivity contribution in [2.45, 2.75) is 25.8 Å². The Bertz CT molecular complexity index is 829. The molecule has 2 atom stereocenters. The second-order valence-electron chi connectivity index (χ2n) is 6.65. The van der Waals surface area contributed by atoms with Gasteiger partial charge in [0.1, 0.15) is 6.04 Å². The van der Waals surface area contributed by atoms with E-state index in [1.165, 1.54) is 0 Å². The van der Waals surface area contributed by atoms with Crippen LogP contribution in [0.1, 0.15) is 30.1 Å². The number of likely N-dealkylation sites (tertiary alicyclic amines) is 1. The third kappa shape index (κ3) is 3.61. The van der Waals surface area contributed by atoms with Gasteiger partial charge in [-0.15, -0.1) is 0 Å². The summed E-state index contributed by atoms with van der Waals surface area (Å²) in [5.74, 6) is -2.37. The van der Waals surface area contributed by atoms with Gasteiger partial charge in [-0.25, -0.2) is 0 Å². The summed E-state index contributed by atoms with van der Waals surface area (Å²) in [6.45, 7) is 2.65. The molecule has 0 saturated carbocycles. The predicted molar refractivity (Wildman–Crippen MR) is 94.7 cm³/mol. The maximum absolute atomic E-state index is 12.5. The first-order valence-corrected chi connectivity index (χ1v) is 8.51. The highest BCUT2D eigenvalue weighted by molar-refractivity contribution is 6.44. The van der Waals surface area contributed by atoms with Crippen molar-refractivity contribution in [2.24, 2.45) is 5.92 Å². The second-order valence-corrected chi connectivity index (χ2v) is 6.65. The van der Waals surface area contributed by atoms with E-state index in [1.807, 2.05) is 30.3 Å². The lowest BCUT2D eigenvalue weighted by Crippen LogP contribution is -2.41. The monoisotopic (exact) mass is 339 g/mol. The molecule has 1 fully saturated rings. The van der Waals surface area contributed by atoms with Gasteiger partial charge in [0.2, 0.25) is 11.6 Å². The molecule has 0 amide bonds. The van der Waals surface area contributed by atoms with Gasteiger partial charge in [-0.1, -0.05) is 43.3 Å². The lowest BCUT2D eigenvalue weighted by atomic mass is 9.96. The van der Waals surface area contributed by atoms with E-state index in [9.17, 15) is 19.5 Å². The summed E-state index contributed by atoms with van der Waals surface area (Å²) in [7, 11) is 0. The van der Waals surface area contributed by atoms with E-state index < -0.39 is 29.5 Å². The van der Waals surface area contributed by atoms with E-state index >= 15 is 0 Å². The number of benzene rings is 2. The summed E-state index contributed by atoms with van der Waals surface area (Å²) in [6.07, 6.45) is 1.39. The first-order valence-electron chi connectivity index (χ1n) is 8.51. The van der Waals surface area contributed by atoms with Gasteiger partial charge in [0.25, 0.3) is 0 Å². The van der Waals surface area contributed by atoms with Gasteiger partial charge in [0.05, 0.1) is 0 Å². The van der Waals surface area contributed by atoms with Crippen molar-refractivity contribution in [3.63, 3.8) is 0 Å². The van der Waals surface area contributed by atoms with Crippen LogP contribution in [0.5, 0.6) is 0 Å². The van der Waals surface area contributed by atoms with Crippen molar-refractivity contribution >= 4 is 28.3 Å². The number of hydrogen-bond acceptors (Lipinski definition) is 4. The van der Waals surface area contributed by atoms with Crippen molar-refractivity contribution < 1.29 is 19.5 Å². The number of carbonyl (C=O) groups is 3. The topological polar surface area (TPSA) is 74.7 Å². The molecule has 1 heterocycles. The predicted octanol–water partition coefficient (Wildman–Crippen LogP) is 2.78. The Morgan fingerprint density at radius 2 is 1.88 bits per heavy atom. The number of nitrogens with zero attached hydrogens (tertiary/aromatic N) is 1. The van der Waals surface area contributed by atoms with Crippen molar-refractivity contribution in [1.82, 2.24) is 4.90 Å². The zero-order valence-electron chi connectivity index (χ0n) is 14.1. The molecule has 25 heavy (non-hydrogen) atoms. The number of carboxylic acid groups (broad SMARTS) is 1. The van der Waals surface area contributed by atoms with Crippen LogP contribution in [0.3, 0.4) is 0 Å². The number of hydrogen-bond donors (Lipinski definition) is 1. The number of ketones is 2. The summed E-state index contributed by atoms with van der Waals surface area (Å²) in [5.41, 5.74) is 0.381. The molecule has 5 nitrogen and oxygen atoms in total. The third-order valence-electron chi connectivity index (χ3n) is 4.84. The van der Waals surface area contributed by atoms with E-state index in [0.29, 0.717) is 25.1 Å². The molecule has 0 radical (unpaired) electrons. The summed E-state index contributed by atoms with van der Waals surface area (Å²) >= 11 is 0. The van der Waals surface area contributed by atoms with Crippen LogP contribution >= 0.6 is 0 Å². The molecule has 1 aliphatic heterocycles. The smallest absolute Gasteiger partial charge is 0.320 e. The van der Waals surface area contributed by atoms with Crippen LogP contribution in [-0.2, 0) is 9.59 Å².